The predicted molar refractivity (Wildman–Crippen MR) is 149 cm³/mol. The zero-order chi connectivity index (χ0) is 27.1. The maximum Gasteiger partial charge on any atom is 0.257 e. The summed E-state index contributed by atoms with van der Waals surface area (Å²) < 4.78 is 23.0. The van der Waals surface area contributed by atoms with Gasteiger partial charge >= 0.3 is 0 Å². The zero-order valence-corrected chi connectivity index (χ0v) is 22.7. The molecule has 3 aromatic heterocycles. The third kappa shape index (κ3) is 4.87. The second kappa shape index (κ2) is 10.6. The number of amides is 1. The Morgan fingerprint density at radius 3 is 2.85 bits per heavy atom. The standard InChI is InChI=1S/C26H22Cl2FN7O2S/c27-19-10-17(14-1-3-16(4-2-14)38-7-5-30)21(28)22-18(19)12-36(34-22)24(25(37)33-26-31-6-8-39-26)23-20-9-15(29)11-35(20)13-32-23/h1-4,6,8,10,12-13,15,24H,5,7,9,11,30H2,(H,31,33,37)/t15-,24?/m1/s1. The Labute approximate surface area is 236 Å². The summed E-state index contributed by atoms with van der Waals surface area (Å²) in [5, 5.41) is 11.1. The maximum absolute atomic E-state index is 14.2. The minimum atomic E-state index is -1.04. The highest BCUT2D eigenvalue weighted by Gasteiger charge is 2.34. The van der Waals surface area contributed by atoms with Gasteiger partial charge in [-0.25, -0.2) is 14.4 Å². The van der Waals surface area contributed by atoms with E-state index < -0.39 is 18.1 Å². The molecule has 2 atom stereocenters. The molecule has 5 aromatic rings. The van der Waals surface area contributed by atoms with Crippen LogP contribution in [0, 0.1) is 0 Å². The van der Waals surface area contributed by atoms with Gasteiger partial charge in [-0.3, -0.25) is 14.8 Å². The van der Waals surface area contributed by atoms with Crippen LogP contribution in [0.4, 0.5) is 9.52 Å². The van der Waals surface area contributed by atoms with Crippen LogP contribution in [0.25, 0.3) is 22.0 Å². The van der Waals surface area contributed by atoms with Crippen molar-refractivity contribution in [3.8, 4) is 16.9 Å². The number of alkyl halides is 1. The summed E-state index contributed by atoms with van der Waals surface area (Å²) in [5.74, 6) is 0.274. The Morgan fingerprint density at radius 2 is 2.10 bits per heavy atom. The lowest BCUT2D eigenvalue weighted by Crippen LogP contribution is -2.28. The number of benzene rings is 2. The molecule has 0 radical (unpaired) electrons. The third-order valence-corrected chi connectivity index (χ3v) is 7.86. The average molecular weight is 586 g/mol. The van der Waals surface area contributed by atoms with Crippen LogP contribution in [0.3, 0.4) is 0 Å². The molecular formula is C26H22Cl2FN7O2S. The number of nitrogens with zero attached hydrogens (tertiary/aromatic N) is 5. The molecule has 39 heavy (non-hydrogen) atoms. The number of carbonyl (C=O) groups is 1. The molecule has 0 bridgehead atoms. The molecule has 0 fully saturated rings. The lowest BCUT2D eigenvalue weighted by Gasteiger charge is -2.16. The van der Waals surface area contributed by atoms with Gasteiger partial charge in [0.15, 0.2) is 11.2 Å². The second-order valence-electron chi connectivity index (χ2n) is 9.01. The van der Waals surface area contributed by atoms with E-state index in [4.69, 9.17) is 38.8 Å². The summed E-state index contributed by atoms with van der Waals surface area (Å²) in [4.78, 5) is 22.2. The van der Waals surface area contributed by atoms with Crippen molar-refractivity contribution in [1.29, 1.82) is 0 Å². The highest BCUT2D eigenvalue weighted by atomic mass is 35.5. The Morgan fingerprint density at radius 1 is 1.28 bits per heavy atom. The Kier molecular flexibility index (Phi) is 6.98. The van der Waals surface area contributed by atoms with Crippen LogP contribution in [0.1, 0.15) is 17.4 Å². The number of hydrogen-bond donors (Lipinski definition) is 2. The van der Waals surface area contributed by atoms with E-state index in [0.29, 0.717) is 61.9 Å². The third-order valence-electron chi connectivity index (χ3n) is 6.48. The number of anilines is 1. The van der Waals surface area contributed by atoms with E-state index in [-0.39, 0.29) is 13.0 Å². The summed E-state index contributed by atoms with van der Waals surface area (Å²) in [5.41, 5.74) is 8.49. The van der Waals surface area contributed by atoms with E-state index in [1.54, 1.807) is 34.7 Å². The van der Waals surface area contributed by atoms with Crippen molar-refractivity contribution in [3.05, 3.63) is 75.9 Å². The van der Waals surface area contributed by atoms with Crippen molar-refractivity contribution < 1.29 is 13.9 Å². The molecule has 0 spiro atoms. The summed E-state index contributed by atoms with van der Waals surface area (Å²) >= 11 is 14.9. The molecule has 4 heterocycles. The van der Waals surface area contributed by atoms with Gasteiger partial charge in [0.1, 0.15) is 24.0 Å². The van der Waals surface area contributed by atoms with E-state index >= 15 is 0 Å². The minimum absolute atomic E-state index is 0.161. The van der Waals surface area contributed by atoms with Crippen molar-refractivity contribution in [2.45, 2.75) is 25.2 Å². The number of rotatable bonds is 8. The Bertz CT molecular complexity index is 1650. The van der Waals surface area contributed by atoms with E-state index in [0.717, 1.165) is 5.56 Å². The van der Waals surface area contributed by atoms with Gasteiger partial charge in [-0.1, -0.05) is 35.3 Å². The van der Waals surface area contributed by atoms with E-state index in [1.165, 1.54) is 16.0 Å². The molecule has 1 unspecified atom stereocenters. The number of nitrogens with two attached hydrogens (primary N) is 1. The number of ether oxygens (including phenoxy) is 1. The molecule has 13 heteroatoms. The number of thiazole rings is 1. The molecule has 0 aliphatic carbocycles. The molecule has 9 nitrogen and oxygen atoms in total. The number of aromatic nitrogens is 5. The van der Waals surface area contributed by atoms with Crippen LogP contribution in [0.15, 0.2) is 54.4 Å². The van der Waals surface area contributed by atoms with Crippen molar-refractivity contribution in [1.82, 2.24) is 24.3 Å². The van der Waals surface area contributed by atoms with Crippen LogP contribution >= 0.6 is 34.5 Å². The fraction of sp³-hybridized carbons (Fsp3) is 0.231. The van der Waals surface area contributed by atoms with Crippen LogP contribution in [0.5, 0.6) is 5.75 Å². The van der Waals surface area contributed by atoms with Gasteiger partial charge in [0, 0.05) is 47.4 Å². The summed E-state index contributed by atoms with van der Waals surface area (Å²) in [6.07, 6.45) is 3.93. The Hall–Kier alpha value is -3.51. The van der Waals surface area contributed by atoms with E-state index in [1.807, 2.05) is 24.3 Å². The molecule has 6 rings (SSSR count). The monoisotopic (exact) mass is 585 g/mol. The van der Waals surface area contributed by atoms with Gasteiger partial charge < -0.3 is 15.0 Å². The molecule has 0 saturated carbocycles. The SMILES string of the molecule is NCCOc1ccc(-c2cc(Cl)c3cn(C(C(=O)Nc4nccs4)c4ncn5c4C[C@@H](F)C5)nc3c2Cl)cc1. The van der Waals surface area contributed by atoms with Crippen molar-refractivity contribution >= 4 is 56.5 Å². The van der Waals surface area contributed by atoms with E-state index in [9.17, 15) is 9.18 Å². The van der Waals surface area contributed by atoms with Gasteiger partial charge in [-0.05, 0) is 23.8 Å². The second-order valence-corrected chi connectivity index (χ2v) is 10.7. The van der Waals surface area contributed by atoms with Crippen LogP contribution < -0.4 is 15.8 Å². The van der Waals surface area contributed by atoms with Gasteiger partial charge in [0.05, 0.1) is 28.6 Å². The highest BCUT2D eigenvalue weighted by Crippen LogP contribution is 2.39. The Balaban J connectivity index is 1.42. The quantitative estimate of drug-likeness (QED) is 0.261. The van der Waals surface area contributed by atoms with Gasteiger partial charge in [-0.15, -0.1) is 11.3 Å². The average Bonchev–Trinajstić information content (AvgIpc) is 3.72. The summed E-state index contributed by atoms with van der Waals surface area (Å²) in [7, 11) is 0. The predicted octanol–water partition coefficient (Wildman–Crippen LogP) is 5.12. The molecule has 0 saturated heterocycles. The lowest BCUT2D eigenvalue weighted by atomic mass is 10.0. The largest absolute Gasteiger partial charge is 0.492 e. The lowest BCUT2D eigenvalue weighted by molar-refractivity contribution is -0.118. The molecular weight excluding hydrogens is 564 g/mol. The number of hydrogen-bond acceptors (Lipinski definition) is 7. The molecule has 1 amide bonds. The first kappa shape index (κ1) is 25.8. The first-order valence-electron chi connectivity index (χ1n) is 12.1. The van der Waals surface area contributed by atoms with E-state index in [2.05, 4.69) is 15.3 Å². The maximum atomic E-state index is 14.2. The van der Waals surface area contributed by atoms with Gasteiger partial charge in [-0.2, -0.15) is 5.10 Å². The van der Waals surface area contributed by atoms with Gasteiger partial charge in [0.25, 0.3) is 5.91 Å². The van der Waals surface area contributed by atoms with Crippen molar-refractivity contribution in [2.75, 3.05) is 18.5 Å². The fourth-order valence-electron chi connectivity index (χ4n) is 4.72. The normalized spacial score (nSPS) is 15.4. The van der Waals surface area contributed by atoms with Crippen molar-refractivity contribution in [3.63, 3.8) is 0 Å². The first-order chi connectivity index (χ1) is 18.9. The van der Waals surface area contributed by atoms with Crippen molar-refractivity contribution in [2.24, 2.45) is 5.73 Å². The number of carbonyl (C=O) groups excluding carboxylic acids is 1. The van der Waals surface area contributed by atoms with Gasteiger partial charge in [0.2, 0.25) is 0 Å². The summed E-state index contributed by atoms with van der Waals surface area (Å²) in [6.45, 7) is 1.03. The topological polar surface area (TPSA) is 113 Å². The molecule has 3 N–H and O–H groups in total. The molecule has 1 aliphatic rings. The smallest absolute Gasteiger partial charge is 0.257 e. The summed E-state index contributed by atoms with van der Waals surface area (Å²) in [6, 6.07) is 8.16. The van der Waals surface area contributed by atoms with Crippen LogP contribution in [-0.4, -0.2) is 49.5 Å². The molecule has 2 aromatic carbocycles. The number of halogens is 3. The number of nitrogens with one attached hydrogen (secondary N) is 1. The highest BCUT2D eigenvalue weighted by molar-refractivity contribution is 7.13. The number of fused-ring (bicyclic) bond motifs is 2. The van der Waals surface area contributed by atoms with Crippen LogP contribution in [-0.2, 0) is 17.8 Å². The molecule has 200 valence electrons. The first-order valence-corrected chi connectivity index (χ1v) is 13.7. The molecule has 1 aliphatic heterocycles. The minimum Gasteiger partial charge on any atom is -0.492 e. The zero-order valence-electron chi connectivity index (χ0n) is 20.4. The number of imidazole rings is 1. The van der Waals surface area contributed by atoms with Crippen LogP contribution in [0.2, 0.25) is 10.0 Å². The fourth-order valence-corrected chi connectivity index (χ4v) is 5.80.